The predicted molar refractivity (Wildman–Crippen MR) is 79.5 cm³/mol. The van der Waals surface area contributed by atoms with Gasteiger partial charge in [-0.25, -0.2) is 4.98 Å². The van der Waals surface area contributed by atoms with Gasteiger partial charge in [-0.1, -0.05) is 6.92 Å². The normalized spacial score (nSPS) is 12.2. The molecular weight excluding hydrogens is 298 g/mol. The molecule has 0 saturated heterocycles. The Hall–Kier alpha value is -1.47. The van der Waals surface area contributed by atoms with Gasteiger partial charge in [-0.15, -0.1) is 11.3 Å². The van der Waals surface area contributed by atoms with Gasteiger partial charge in [0.2, 0.25) is 11.2 Å². The zero-order valence-electron chi connectivity index (χ0n) is 11.6. The van der Waals surface area contributed by atoms with Crippen LogP contribution in [0.1, 0.15) is 36.2 Å². The van der Waals surface area contributed by atoms with Crippen molar-refractivity contribution >= 4 is 28.9 Å². The second-order valence-electron chi connectivity index (χ2n) is 4.23. The smallest absolute Gasteiger partial charge is 0.322 e. The molecule has 20 heavy (non-hydrogen) atoms. The summed E-state index contributed by atoms with van der Waals surface area (Å²) in [6.07, 6.45) is 2.72. The highest BCUT2D eigenvalue weighted by Crippen LogP contribution is 2.22. The topological polar surface area (TPSA) is 72.8 Å². The van der Waals surface area contributed by atoms with E-state index in [0.717, 1.165) is 16.3 Å². The standard InChI is InChI=1S/C12H16ClN5OS/c1-4-5-19-12-17-10(13)16-11(18-12)15-8(3)9-14-6-7(2)20-9/h6,8H,4-5H2,1-3H3,(H,15,16,17,18). The van der Waals surface area contributed by atoms with E-state index in [1.807, 2.05) is 27.0 Å². The van der Waals surface area contributed by atoms with Crippen LogP contribution in [0.3, 0.4) is 0 Å². The van der Waals surface area contributed by atoms with Gasteiger partial charge in [0.05, 0.1) is 12.6 Å². The summed E-state index contributed by atoms with van der Waals surface area (Å²) in [5, 5.41) is 4.23. The van der Waals surface area contributed by atoms with Crippen LogP contribution in [0.2, 0.25) is 5.28 Å². The molecule has 2 aromatic heterocycles. The van der Waals surface area contributed by atoms with Gasteiger partial charge in [-0.2, -0.15) is 15.0 Å². The molecule has 108 valence electrons. The maximum absolute atomic E-state index is 5.87. The van der Waals surface area contributed by atoms with Crippen LogP contribution in [-0.4, -0.2) is 26.5 Å². The van der Waals surface area contributed by atoms with E-state index < -0.39 is 0 Å². The summed E-state index contributed by atoms with van der Waals surface area (Å²) in [6.45, 7) is 6.56. The maximum atomic E-state index is 5.87. The van der Waals surface area contributed by atoms with E-state index >= 15 is 0 Å². The number of hydrogen-bond acceptors (Lipinski definition) is 7. The molecule has 0 fully saturated rings. The third kappa shape index (κ3) is 4.01. The second-order valence-corrected chi connectivity index (χ2v) is 5.84. The Morgan fingerprint density at radius 2 is 2.20 bits per heavy atom. The number of aryl methyl sites for hydroxylation is 1. The van der Waals surface area contributed by atoms with E-state index in [1.165, 1.54) is 0 Å². The molecule has 6 nitrogen and oxygen atoms in total. The van der Waals surface area contributed by atoms with E-state index in [0.29, 0.717) is 12.6 Å². The Labute approximate surface area is 126 Å². The zero-order valence-corrected chi connectivity index (χ0v) is 13.1. The fourth-order valence-electron chi connectivity index (χ4n) is 1.48. The Morgan fingerprint density at radius 1 is 1.40 bits per heavy atom. The number of nitrogens with one attached hydrogen (secondary N) is 1. The number of ether oxygens (including phenoxy) is 1. The SMILES string of the molecule is CCCOc1nc(Cl)nc(NC(C)c2ncc(C)s2)n1. The van der Waals surface area contributed by atoms with Crippen molar-refractivity contribution in [3.63, 3.8) is 0 Å². The second kappa shape index (κ2) is 6.81. The molecule has 2 rings (SSSR count). The minimum atomic E-state index is -0.00816. The van der Waals surface area contributed by atoms with Crippen LogP contribution in [0.5, 0.6) is 6.01 Å². The maximum Gasteiger partial charge on any atom is 0.322 e. The molecule has 0 aromatic carbocycles. The molecule has 0 aliphatic rings. The minimum Gasteiger partial charge on any atom is -0.463 e. The molecule has 0 amide bonds. The first-order chi connectivity index (χ1) is 9.58. The first kappa shape index (κ1) is 14.9. The summed E-state index contributed by atoms with van der Waals surface area (Å²) in [5.41, 5.74) is 0. The number of rotatable bonds is 6. The van der Waals surface area contributed by atoms with Crippen LogP contribution in [0, 0.1) is 6.92 Å². The lowest BCUT2D eigenvalue weighted by Crippen LogP contribution is -2.11. The molecule has 8 heteroatoms. The lowest BCUT2D eigenvalue weighted by molar-refractivity contribution is 0.291. The number of thiazole rings is 1. The molecule has 2 heterocycles. The van der Waals surface area contributed by atoms with Crippen LogP contribution in [0.25, 0.3) is 0 Å². The highest BCUT2D eigenvalue weighted by atomic mass is 35.5. The summed E-state index contributed by atoms with van der Waals surface area (Å²) in [7, 11) is 0. The molecule has 0 aliphatic carbocycles. The third-order valence-electron chi connectivity index (χ3n) is 2.38. The van der Waals surface area contributed by atoms with Gasteiger partial charge in [-0.3, -0.25) is 0 Å². The fourth-order valence-corrected chi connectivity index (χ4v) is 2.41. The summed E-state index contributed by atoms with van der Waals surface area (Å²) in [6, 6.07) is 0.225. The largest absolute Gasteiger partial charge is 0.463 e. The van der Waals surface area contributed by atoms with Crippen molar-refractivity contribution in [2.75, 3.05) is 11.9 Å². The van der Waals surface area contributed by atoms with Gasteiger partial charge in [0.25, 0.3) is 0 Å². The Morgan fingerprint density at radius 3 is 2.85 bits per heavy atom. The van der Waals surface area contributed by atoms with Gasteiger partial charge >= 0.3 is 6.01 Å². The van der Waals surface area contributed by atoms with Crippen molar-refractivity contribution in [2.45, 2.75) is 33.2 Å². The van der Waals surface area contributed by atoms with Gasteiger partial charge in [-0.05, 0) is 31.9 Å². The molecule has 0 aliphatic heterocycles. The van der Waals surface area contributed by atoms with Crippen LogP contribution < -0.4 is 10.1 Å². The Kier molecular flexibility index (Phi) is 5.08. The predicted octanol–water partition coefficient (Wildman–Crippen LogP) is 3.25. The molecule has 0 saturated carbocycles. The highest BCUT2D eigenvalue weighted by Gasteiger charge is 2.13. The van der Waals surface area contributed by atoms with Crippen LogP contribution >= 0.6 is 22.9 Å². The first-order valence-corrected chi connectivity index (χ1v) is 7.51. The van der Waals surface area contributed by atoms with E-state index in [4.69, 9.17) is 16.3 Å². The molecule has 2 aromatic rings. The number of hydrogen-bond donors (Lipinski definition) is 1. The van der Waals surface area contributed by atoms with Crippen molar-refractivity contribution in [1.82, 2.24) is 19.9 Å². The van der Waals surface area contributed by atoms with Crippen LogP contribution in [-0.2, 0) is 0 Å². The van der Waals surface area contributed by atoms with E-state index in [2.05, 4.69) is 25.3 Å². The molecule has 0 spiro atoms. The van der Waals surface area contributed by atoms with Crippen molar-refractivity contribution in [2.24, 2.45) is 0 Å². The van der Waals surface area contributed by atoms with Gasteiger partial charge in [0.15, 0.2) is 0 Å². The minimum absolute atomic E-state index is 0.00816. The number of nitrogens with zero attached hydrogens (tertiary/aromatic N) is 4. The Balaban J connectivity index is 2.10. The number of aromatic nitrogens is 4. The van der Waals surface area contributed by atoms with E-state index in [-0.39, 0.29) is 17.3 Å². The first-order valence-electron chi connectivity index (χ1n) is 6.31. The fraction of sp³-hybridized carbons (Fsp3) is 0.500. The lowest BCUT2D eigenvalue weighted by Gasteiger charge is -2.11. The van der Waals surface area contributed by atoms with E-state index in [9.17, 15) is 0 Å². The molecule has 0 bridgehead atoms. The monoisotopic (exact) mass is 313 g/mol. The molecule has 1 N–H and O–H groups in total. The third-order valence-corrected chi connectivity index (χ3v) is 3.64. The average Bonchev–Trinajstić information content (AvgIpc) is 2.82. The summed E-state index contributed by atoms with van der Waals surface area (Å²) in [5.74, 6) is 0.386. The van der Waals surface area contributed by atoms with E-state index in [1.54, 1.807) is 11.3 Å². The van der Waals surface area contributed by atoms with Crippen molar-refractivity contribution in [3.8, 4) is 6.01 Å². The number of halogens is 1. The van der Waals surface area contributed by atoms with Crippen molar-refractivity contribution in [1.29, 1.82) is 0 Å². The van der Waals surface area contributed by atoms with Crippen LogP contribution in [0.15, 0.2) is 6.20 Å². The molecule has 1 unspecified atom stereocenters. The zero-order chi connectivity index (χ0) is 14.5. The Bertz CT molecular complexity index is 577. The lowest BCUT2D eigenvalue weighted by atomic mass is 10.4. The van der Waals surface area contributed by atoms with Gasteiger partial charge in [0, 0.05) is 11.1 Å². The molecular formula is C12H16ClN5OS. The average molecular weight is 314 g/mol. The molecule has 1 atom stereocenters. The quantitative estimate of drug-likeness (QED) is 0.882. The molecule has 0 radical (unpaired) electrons. The van der Waals surface area contributed by atoms with Crippen LogP contribution in [0.4, 0.5) is 5.95 Å². The highest BCUT2D eigenvalue weighted by molar-refractivity contribution is 7.11. The van der Waals surface area contributed by atoms with Gasteiger partial charge < -0.3 is 10.1 Å². The summed E-state index contributed by atoms with van der Waals surface area (Å²) >= 11 is 7.50. The van der Waals surface area contributed by atoms with Gasteiger partial charge in [0.1, 0.15) is 5.01 Å². The van der Waals surface area contributed by atoms with Crippen molar-refractivity contribution < 1.29 is 4.74 Å². The number of anilines is 1. The summed E-state index contributed by atoms with van der Waals surface area (Å²) < 4.78 is 5.37. The van der Waals surface area contributed by atoms with Crippen molar-refractivity contribution in [3.05, 3.63) is 21.4 Å². The summed E-state index contributed by atoms with van der Waals surface area (Å²) in [4.78, 5) is 17.6.